The largest absolute Gasteiger partial charge is 0.294 e. The fourth-order valence-corrected chi connectivity index (χ4v) is 3.27. The van der Waals surface area contributed by atoms with Gasteiger partial charge in [-0.05, 0) is 55.0 Å². The van der Waals surface area contributed by atoms with Gasteiger partial charge in [-0.25, -0.2) is 0 Å². The molecule has 0 saturated heterocycles. The highest BCUT2D eigenvalue weighted by Gasteiger charge is 2.40. The van der Waals surface area contributed by atoms with Crippen LogP contribution in [0.15, 0.2) is 30.6 Å². The van der Waals surface area contributed by atoms with Gasteiger partial charge < -0.3 is 0 Å². The molecular weight excluding hydrogens is 248 g/mol. The maximum absolute atomic E-state index is 12.5. The predicted octanol–water partition coefficient (Wildman–Crippen LogP) is 3.07. The van der Waals surface area contributed by atoms with Crippen molar-refractivity contribution in [3.8, 4) is 0 Å². The Balaban J connectivity index is 2.00. The molecule has 0 spiro atoms. The molecule has 2 heterocycles. The highest BCUT2D eigenvalue weighted by molar-refractivity contribution is 5.99. The van der Waals surface area contributed by atoms with Crippen molar-refractivity contribution in [1.29, 1.82) is 0 Å². The summed E-state index contributed by atoms with van der Waals surface area (Å²) in [6, 6.07) is 5.78. The molecule has 0 aromatic carbocycles. The first-order valence-corrected chi connectivity index (χ1v) is 7.18. The van der Waals surface area contributed by atoms with E-state index < -0.39 is 0 Å². The lowest BCUT2D eigenvalue weighted by Gasteiger charge is -2.17. The van der Waals surface area contributed by atoms with E-state index >= 15 is 0 Å². The summed E-state index contributed by atoms with van der Waals surface area (Å²) >= 11 is 0. The lowest BCUT2D eigenvalue weighted by atomic mass is 9.90. The van der Waals surface area contributed by atoms with E-state index in [1.165, 1.54) is 18.4 Å². The van der Waals surface area contributed by atoms with Crippen LogP contribution in [0, 0.1) is 12.8 Å². The van der Waals surface area contributed by atoms with E-state index in [0.29, 0.717) is 12.3 Å². The van der Waals surface area contributed by atoms with Crippen LogP contribution in [0.3, 0.4) is 0 Å². The molecule has 0 bridgehead atoms. The number of Topliss-reactive ketones (excluding diaryl/α,β-unsaturated/α-hetero) is 1. The number of carbonyl (C=O) groups excluding carboxylic acids is 1. The summed E-state index contributed by atoms with van der Waals surface area (Å²) in [7, 11) is 0. The zero-order valence-electron chi connectivity index (χ0n) is 11.5. The molecule has 0 N–H and O–H groups in total. The Bertz CT molecular complexity index is 704. The molecule has 0 aliphatic heterocycles. The number of ketones is 1. The number of fused-ring (bicyclic) bond motifs is 2. The van der Waals surface area contributed by atoms with Crippen molar-refractivity contribution in [3.63, 3.8) is 0 Å². The number of pyridine rings is 2. The van der Waals surface area contributed by atoms with E-state index in [4.69, 9.17) is 0 Å². The Morgan fingerprint density at radius 1 is 1.10 bits per heavy atom. The standard InChI is InChI=1S/C17H16N2O/c1-10-6-8-19-17-13(10)9-14(20)12-3-2-7-18-16(12)15(17)11-4-5-11/h2-3,6-8,11,15H,4-5,9H2,1H3. The molecule has 1 unspecified atom stereocenters. The second-order valence-electron chi connectivity index (χ2n) is 5.84. The van der Waals surface area contributed by atoms with Crippen molar-refractivity contribution >= 4 is 5.78 Å². The van der Waals surface area contributed by atoms with E-state index in [1.54, 1.807) is 6.20 Å². The first-order chi connectivity index (χ1) is 9.75. The summed E-state index contributed by atoms with van der Waals surface area (Å²) < 4.78 is 0. The number of aromatic nitrogens is 2. The number of carbonyl (C=O) groups is 1. The van der Waals surface area contributed by atoms with E-state index in [1.807, 2.05) is 24.4 Å². The first-order valence-electron chi connectivity index (χ1n) is 7.18. The number of hydrogen-bond donors (Lipinski definition) is 0. The second kappa shape index (κ2) is 4.23. The van der Waals surface area contributed by atoms with Crippen molar-refractivity contribution in [2.24, 2.45) is 5.92 Å². The quantitative estimate of drug-likeness (QED) is 0.795. The van der Waals surface area contributed by atoms with Crippen LogP contribution < -0.4 is 0 Å². The Labute approximate surface area is 118 Å². The number of aryl methyl sites for hydroxylation is 1. The van der Waals surface area contributed by atoms with E-state index in [2.05, 4.69) is 16.9 Å². The fraction of sp³-hybridized carbons (Fsp3) is 0.353. The smallest absolute Gasteiger partial charge is 0.169 e. The zero-order chi connectivity index (χ0) is 13.7. The molecule has 0 amide bonds. The SMILES string of the molecule is Cc1ccnc2c1CC(=O)c1cccnc1C2C1CC1. The Hall–Kier alpha value is -2.03. The van der Waals surface area contributed by atoms with Gasteiger partial charge in [0.15, 0.2) is 5.78 Å². The summed E-state index contributed by atoms with van der Waals surface area (Å²) in [5, 5.41) is 0. The molecule has 1 fully saturated rings. The maximum Gasteiger partial charge on any atom is 0.169 e. The Morgan fingerprint density at radius 3 is 2.70 bits per heavy atom. The molecule has 1 atom stereocenters. The van der Waals surface area contributed by atoms with Crippen LogP contribution in [0.2, 0.25) is 0 Å². The van der Waals surface area contributed by atoms with Gasteiger partial charge in [-0.1, -0.05) is 0 Å². The number of hydrogen-bond acceptors (Lipinski definition) is 3. The van der Waals surface area contributed by atoms with Crippen molar-refractivity contribution in [2.75, 3.05) is 0 Å². The highest BCUT2D eigenvalue weighted by atomic mass is 16.1. The Morgan fingerprint density at radius 2 is 1.90 bits per heavy atom. The van der Waals surface area contributed by atoms with Crippen LogP contribution in [0.1, 0.15) is 51.6 Å². The van der Waals surface area contributed by atoms with Gasteiger partial charge in [0.1, 0.15) is 0 Å². The number of rotatable bonds is 1. The molecule has 3 nitrogen and oxygen atoms in total. The molecule has 2 aromatic heterocycles. The third-order valence-corrected chi connectivity index (χ3v) is 4.48. The topological polar surface area (TPSA) is 42.9 Å². The molecule has 0 radical (unpaired) electrons. The van der Waals surface area contributed by atoms with Crippen LogP contribution in [0.4, 0.5) is 0 Å². The van der Waals surface area contributed by atoms with Crippen molar-refractivity contribution < 1.29 is 4.79 Å². The fourth-order valence-electron chi connectivity index (χ4n) is 3.27. The average Bonchev–Trinajstić information content (AvgIpc) is 3.27. The van der Waals surface area contributed by atoms with Gasteiger partial charge in [0.05, 0.1) is 11.4 Å². The molecule has 100 valence electrons. The highest BCUT2D eigenvalue weighted by Crippen LogP contribution is 2.48. The Kier molecular flexibility index (Phi) is 2.49. The molecule has 1 saturated carbocycles. The minimum atomic E-state index is 0.175. The van der Waals surface area contributed by atoms with Crippen LogP contribution in [0.25, 0.3) is 0 Å². The van der Waals surface area contributed by atoms with Crippen molar-refractivity contribution in [1.82, 2.24) is 9.97 Å². The summed E-state index contributed by atoms with van der Waals surface area (Å²) in [5.41, 5.74) is 5.10. The normalized spacial score (nSPS) is 21.1. The minimum absolute atomic E-state index is 0.175. The van der Waals surface area contributed by atoms with Gasteiger partial charge in [-0.2, -0.15) is 0 Å². The second-order valence-corrected chi connectivity index (χ2v) is 5.84. The lowest BCUT2D eigenvalue weighted by molar-refractivity contribution is 0.0992. The van der Waals surface area contributed by atoms with Gasteiger partial charge in [0.25, 0.3) is 0 Å². The monoisotopic (exact) mass is 264 g/mol. The van der Waals surface area contributed by atoms with E-state index in [9.17, 15) is 4.79 Å². The minimum Gasteiger partial charge on any atom is -0.294 e. The van der Waals surface area contributed by atoms with Crippen LogP contribution in [-0.2, 0) is 6.42 Å². The molecule has 2 aromatic rings. The zero-order valence-corrected chi connectivity index (χ0v) is 11.5. The summed E-state index contributed by atoms with van der Waals surface area (Å²) in [5.74, 6) is 0.976. The van der Waals surface area contributed by atoms with Gasteiger partial charge in [-0.15, -0.1) is 0 Å². The molecule has 20 heavy (non-hydrogen) atoms. The van der Waals surface area contributed by atoms with Gasteiger partial charge in [0, 0.05) is 30.3 Å². The van der Waals surface area contributed by atoms with Crippen molar-refractivity contribution in [2.45, 2.75) is 32.1 Å². The van der Waals surface area contributed by atoms with Gasteiger partial charge in [-0.3, -0.25) is 14.8 Å². The molecule has 2 aliphatic carbocycles. The van der Waals surface area contributed by atoms with E-state index in [-0.39, 0.29) is 11.7 Å². The molecule has 4 rings (SSSR count). The van der Waals surface area contributed by atoms with Crippen LogP contribution >= 0.6 is 0 Å². The van der Waals surface area contributed by atoms with Crippen LogP contribution in [-0.4, -0.2) is 15.8 Å². The summed E-state index contributed by atoms with van der Waals surface area (Å²) in [6.07, 6.45) is 6.54. The maximum atomic E-state index is 12.5. The summed E-state index contributed by atoms with van der Waals surface area (Å²) in [4.78, 5) is 21.7. The molecule has 2 aliphatic rings. The van der Waals surface area contributed by atoms with Crippen LogP contribution in [0.5, 0.6) is 0 Å². The third kappa shape index (κ3) is 1.69. The molecule has 3 heteroatoms. The lowest BCUT2D eigenvalue weighted by Crippen LogP contribution is -2.11. The predicted molar refractivity (Wildman–Crippen MR) is 75.8 cm³/mol. The van der Waals surface area contributed by atoms with Crippen molar-refractivity contribution in [3.05, 3.63) is 58.7 Å². The van der Waals surface area contributed by atoms with E-state index in [0.717, 1.165) is 22.5 Å². The molecular formula is C17H16N2O. The van der Waals surface area contributed by atoms with Gasteiger partial charge in [0.2, 0.25) is 0 Å². The number of nitrogens with zero attached hydrogens (tertiary/aromatic N) is 2. The first kappa shape index (κ1) is 11.8. The third-order valence-electron chi connectivity index (χ3n) is 4.48. The average molecular weight is 264 g/mol. The van der Waals surface area contributed by atoms with Gasteiger partial charge >= 0.3 is 0 Å². The summed E-state index contributed by atoms with van der Waals surface area (Å²) in [6.45, 7) is 2.07.